The van der Waals surface area contributed by atoms with E-state index in [9.17, 15) is 26.3 Å². The lowest BCUT2D eigenvalue weighted by Crippen LogP contribution is -2.19. The van der Waals surface area contributed by atoms with Gasteiger partial charge in [0.25, 0.3) is 0 Å². The van der Waals surface area contributed by atoms with E-state index < -0.39 is 23.5 Å². The van der Waals surface area contributed by atoms with Gasteiger partial charge in [-0.05, 0) is 50.5 Å². The number of hydrogen-bond donors (Lipinski definition) is 0. The molecule has 0 saturated heterocycles. The minimum Gasteiger partial charge on any atom is -0.494 e. The highest BCUT2D eigenvalue weighted by atomic mass is 19.4. The molecule has 0 radical (unpaired) electrons. The zero-order valence-electron chi connectivity index (χ0n) is 30.7. The zero-order valence-corrected chi connectivity index (χ0v) is 30.7. The SMILES string of the molecule is CCCCOc1cccc(N(C)c2nc(OCC)ncc2C(F)(F)F)c1.CCCCOc1cccc(N(C)c2nc(OCCC)ncc2C(F)(F)F)c1. The number of benzene rings is 2. The summed E-state index contributed by atoms with van der Waals surface area (Å²) in [6.07, 6.45) is -3.16. The Bertz CT molecular complexity index is 1710. The summed E-state index contributed by atoms with van der Waals surface area (Å²) in [5.74, 6) is 0.643. The number of nitrogens with zero attached hydrogens (tertiary/aromatic N) is 6. The summed E-state index contributed by atoms with van der Waals surface area (Å²) in [7, 11) is 3.03. The summed E-state index contributed by atoms with van der Waals surface area (Å²) in [5, 5.41) is 0. The minimum atomic E-state index is -4.58. The van der Waals surface area contributed by atoms with E-state index in [2.05, 4.69) is 33.8 Å². The number of halogens is 6. The van der Waals surface area contributed by atoms with Crippen LogP contribution in [0.15, 0.2) is 60.9 Å². The largest absolute Gasteiger partial charge is 0.494 e. The second-order valence-electron chi connectivity index (χ2n) is 11.6. The highest BCUT2D eigenvalue weighted by molar-refractivity contribution is 5.65. The molecule has 0 amide bonds. The second-order valence-corrected chi connectivity index (χ2v) is 11.6. The van der Waals surface area contributed by atoms with Gasteiger partial charge in [-0.15, -0.1) is 0 Å². The van der Waals surface area contributed by atoms with Crippen molar-refractivity contribution in [2.24, 2.45) is 0 Å². The summed E-state index contributed by atoms with van der Waals surface area (Å²) in [6, 6.07) is 13.6. The molecule has 0 N–H and O–H groups in total. The van der Waals surface area contributed by atoms with Crippen LogP contribution in [0.25, 0.3) is 0 Å². The van der Waals surface area contributed by atoms with Crippen molar-refractivity contribution < 1.29 is 45.3 Å². The van der Waals surface area contributed by atoms with Gasteiger partial charge in [-0.2, -0.15) is 36.3 Å². The zero-order chi connectivity index (χ0) is 39.0. The quantitative estimate of drug-likeness (QED) is 0.0766. The Labute approximate surface area is 306 Å². The molecule has 0 bridgehead atoms. The van der Waals surface area contributed by atoms with Crippen LogP contribution < -0.4 is 28.7 Å². The van der Waals surface area contributed by atoms with Crippen molar-refractivity contribution in [3.63, 3.8) is 0 Å². The first kappa shape index (κ1) is 42.4. The molecule has 0 spiro atoms. The number of anilines is 4. The molecule has 0 saturated carbocycles. The van der Waals surface area contributed by atoms with Crippen molar-refractivity contribution >= 4 is 23.0 Å². The Balaban J connectivity index is 0.000000286. The fraction of sp³-hybridized carbons (Fsp3) is 0.459. The Morgan fingerprint density at radius 2 is 1.00 bits per heavy atom. The van der Waals surface area contributed by atoms with Gasteiger partial charge in [0.1, 0.15) is 22.6 Å². The van der Waals surface area contributed by atoms with Gasteiger partial charge in [-0.3, -0.25) is 0 Å². The monoisotopic (exact) mass is 752 g/mol. The van der Waals surface area contributed by atoms with E-state index in [0.717, 1.165) is 38.1 Å². The number of unbranched alkanes of at least 4 members (excludes halogenated alkanes) is 2. The molecule has 0 aliphatic heterocycles. The average Bonchev–Trinajstić information content (AvgIpc) is 3.13. The Morgan fingerprint density at radius 3 is 1.38 bits per heavy atom. The molecule has 0 fully saturated rings. The lowest BCUT2D eigenvalue weighted by atomic mass is 10.2. The van der Waals surface area contributed by atoms with Crippen molar-refractivity contribution in [3.8, 4) is 23.5 Å². The van der Waals surface area contributed by atoms with E-state index in [1.807, 2.05) is 6.92 Å². The van der Waals surface area contributed by atoms with Gasteiger partial charge in [0.2, 0.25) is 0 Å². The maximum atomic E-state index is 13.4. The van der Waals surface area contributed by atoms with E-state index in [1.165, 1.54) is 23.9 Å². The lowest BCUT2D eigenvalue weighted by molar-refractivity contribution is -0.138. The molecule has 4 rings (SSSR count). The van der Waals surface area contributed by atoms with Gasteiger partial charge in [-0.1, -0.05) is 45.7 Å². The number of alkyl halides is 6. The van der Waals surface area contributed by atoms with E-state index in [0.29, 0.717) is 49.1 Å². The summed E-state index contributed by atoms with van der Waals surface area (Å²) in [6.45, 7) is 9.41. The molecule has 2 heterocycles. The third-order valence-electron chi connectivity index (χ3n) is 7.39. The second kappa shape index (κ2) is 20.3. The fourth-order valence-corrected chi connectivity index (χ4v) is 4.56. The normalized spacial score (nSPS) is 11.3. The Morgan fingerprint density at radius 1 is 0.566 bits per heavy atom. The number of aromatic nitrogens is 4. The number of ether oxygens (including phenoxy) is 4. The minimum absolute atomic E-state index is 0.0814. The first-order valence-electron chi connectivity index (χ1n) is 17.3. The van der Waals surface area contributed by atoms with Gasteiger partial charge in [0.05, 0.1) is 26.4 Å². The molecule has 53 heavy (non-hydrogen) atoms. The highest BCUT2D eigenvalue weighted by Gasteiger charge is 2.38. The smallest absolute Gasteiger partial charge is 0.421 e. The lowest BCUT2D eigenvalue weighted by Gasteiger charge is -2.23. The van der Waals surface area contributed by atoms with Crippen molar-refractivity contribution in [2.75, 3.05) is 50.3 Å². The van der Waals surface area contributed by atoms with Gasteiger partial charge >= 0.3 is 24.4 Å². The molecule has 0 unspecified atom stereocenters. The maximum Gasteiger partial charge on any atom is 0.421 e. The average molecular weight is 753 g/mol. The molecule has 0 atom stereocenters. The van der Waals surface area contributed by atoms with Crippen LogP contribution in [0.5, 0.6) is 23.5 Å². The van der Waals surface area contributed by atoms with Gasteiger partial charge in [0, 0.05) is 50.0 Å². The van der Waals surface area contributed by atoms with Crippen LogP contribution >= 0.6 is 0 Å². The molecule has 0 aliphatic rings. The number of rotatable bonds is 17. The van der Waals surface area contributed by atoms with Gasteiger partial charge in [-0.25, -0.2) is 9.97 Å². The Kier molecular flexibility index (Phi) is 16.2. The summed E-state index contributed by atoms with van der Waals surface area (Å²) >= 11 is 0. The summed E-state index contributed by atoms with van der Waals surface area (Å²) in [4.78, 5) is 18.0. The van der Waals surface area contributed by atoms with Crippen molar-refractivity contribution in [1.82, 2.24) is 19.9 Å². The standard InChI is InChI=1S/C19H24F3N3O2.C18H22F3N3O2/c1-4-6-11-26-15-9-7-8-14(12-15)25(3)17-16(19(20,21)22)13-23-18(24-17)27-10-5-2;1-4-6-10-26-14-9-7-8-13(11-14)24(3)16-15(18(19,20)21)12-22-17(23-16)25-5-2/h7-9,12-13H,4-6,10-11H2,1-3H3;7-9,11-12H,4-6,10H2,1-3H3. The van der Waals surface area contributed by atoms with E-state index in [1.54, 1.807) is 55.5 Å². The van der Waals surface area contributed by atoms with E-state index in [4.69, 9.17) is 18.9 Å². The van der Waals surface area contributed by atoms with E-state index in [-0.39, 0.29) is 30.3 Å². The van der Waals surface area contributed by atoms with Crippen molar-refractivity contribution in [2.45, 2.75) is 72.2 Å². The van der Waals surface area contributed by atoms with E-state index >= 15 is 0 Å². The molecule has 290 valence electrons. The summed E-state index contributed by atoms with van der Waals surface area (Å²) in [5.41, 5.74) is -0.813. The molecule has 2 aromatic heterocycles. The molecule has 16 heteroatoms. The highest BCUT2D eigenvalue weighted by Crippen LogP contribution is 2.39. The summed E-state index contributed by atoms with van der Waals surface area (Å²) < 4.78 is 102. The molecule has 2 aromatic carbocycles. The van der Waals surface area contributed by atoms with Crippen LogP contribution in [0.1, 0.15) is 70.9 Å². The van der Waals surface area contributed by atoms with Crippen LogP contribution in [0, 0.1) is 0 Å². The predicted octanol–water partition coefficient (Wildman–Crippen LogP) is 10.1. The fourth-order valence-electron chi connectivity index (χ4n) is 4.56. The number of hydrogen-bond acceptors (Lipinski definition) is 10. The topological polar surface area (TPSA) is 95.0 Å². The molecule has 10 nitrogen and oxygen atoms in total. The van der Waals surface area contributed by atoms with Crippen LogP contribution in [0.3, 0.4) is 0 Å². The Hall–Kier alpha value is -5.02. The molecule has 4 aromatic rings. The van der Waals surface area contributed by atoms with Crippen LogP contribution in [-0.4, -0.2) is 60.5 Å². The van der Waals surface area contributed by atoms with Crippen molar-refractivity contribution in [3.05, 3.63) is 72.1 Å². The van der Waals surface area contributed by atoms with Crippen LogP contribution in [0.4, 0.5) is 49.4 Å². The van der Waals surface area contributed by atoms with Crippen LogP contribution in [-0.2, 0) is 12.4 Å². The third kappa shape index (κ3) is 12.9. The molecular weight excluding hydrogens is 706 g/mol. The molecule has 0 aliphatic carbocycles. The maximum absolute atomic E-state index is 13.4. The third-order valence-corrected chi connectivity index (χ3v) is 7.39. The van der Waals surface area contributed by atoms with Gasteiger partial charge in [0.15, 0.2) is 11.6 Å². The molecular formula is C37H46F6N6O4. The van der Waals surface area contributed by atoms with Crippen molar-refractivity contribution in [1.29, 1.82) is 0 Å². The van der Waals surface area contributed by atoms with Gasteiger partial charge < -0.3 is 28.7 Å². The first-order chi connectivity index (χ1) is 25.2. The predicted molar refractivity (Wildman–Crippen MR) is 191 cm³/mol. The van der Waals surface area contributed by atoms with Crippen LogP contribution in [0.2, 0.25) is 0 Å². The first-order valence-corrected chi connectivity index (χ1v) is 17.3.